The molecule has 148 valence electrons. The molecule has 5 heterocycles. The summed E-state index contributed by atoms with van der Waals surface area (Å²) in [7, 11) is 3.71. The summed E-state index contributed by atoms with van der Waals surface area (Å²) >= 11 is 0. The van der Waals surface area contributed by atoms with Crippen molar-refractivity contribution >= 4 is 17.7 Å². The van der Waals surface area contributed by atoms with Crippen LogP contribution < -0.4 is 15.5 Å². The van der Waals surface area contributed by atoms with Crippen LogP contribution in [0.3, 0.4) is 0 Å². The highest BCUT2D eigenvalue weighted by Crippen LogP contribution is 2.54. The molecule has 5 rings (SSSR count). The lowest BCUT2D eigenvalue weighted by Gasteiger charge is -2.29. The smallest absolute Gasteiger partial charge is 0.271 e. The summed E-state index contributed by atoms with van der Waals surface area (Å²) in [6, 6.07) is 1.86. The molecule has 4 atom stereocenters. The Balaban J connectivity index is 1.30. The molecule has 3 aliphatic rings. The zero-order valence-corrected chi connectivity index (χ0v) is 16.1. The van der Waals surface area contributed by atoms with Crippen molar-refractivity contribution in [2.75, 3.05) is 36.9 Å². The maximum atomic E-state index is 12.4. The van der Waals surface area contributed by atoms with E-state index in [1.807, 2.05) is 20.2 Å². The average Bonchev–Trinajstić information content (AvgIpc) is 3.46. The molecule has 0 aromatic carbocycles. The standard InChI is InChI=1S/C19H25N7O2/c1-20-16-4-6-21-18(24-16)26-8-13-12(15-3-5-19(13,10-26)28-15)7-22-17(27)14-9-25(2)11-23-14/h4,6,9,11-13,15H,3,5,7-8,10H2,1-2H3,(H,22,27)(H,20,21,24)/t12-,13+,15+,19+/m0/s1. The number of nitrogens with zero attached hydrogens (tertiary/aromatic N) is 5. The van der Waals surface area contributed by atoms with E-state index in [-0.39, 0.29) is 17.6 Å². The fourth-order valence-corrected chi connectivity index (χ4v) is 5.09. The number of ether oxygens (including phenoxy) is 1. The first-order valence-electron chi connectivity index (χ1n) is 9.78. The minimum Gasteiger partial charge on any atom is -0.373 e. The Hall–Kier alpha value is -2.68. The van der Waals surface area contributed by atoms with Crippen molar-refractivity contribution in [3.8, 4) is 0 Å². The molecule has 0 unspecified atom stereocenters. The molecule has 2 aromatic heterocycles. The van der Waals surface area contributed by atoms with Crippen LogP contribution >= 0.6 is 0 Å². The fraction of sp³-hybridized carbons (Fsp3) is 0.579. The van der Waals surface area contributed by atoms with E-state index in [1.54, 1.807) is 23.3 Å². The summed E-state index contributed by atoms with van der Waals surface area (Å²) < 4.78 is 8.24. The molecule has 1 amide bonds. The Bertz CT molecular complexity index is 900. The number of nitrogens with one attached hydrogen (secondary N) is 2. The zero-order valence-electron chi connectivity index (χ0n) is 16.1. The van der Waals surface area contributed by atoms with E-state index >= 15 is 0 Å². The van der Waals surface area contributed by atoms with Gasteiger partial charge in [-0.2, -0.15) is 4.98 Å². The third-order valence-corrected chi connectivity index (χ3v) is 6.40. The molecule has 9 nitrogen and oxygen atoms in total. The number of carbonyl (C=O) groups excluding carboxylic acids is 1. The van der Waals surface area contributed by atoms with Gasteiger partial charge in [0.1, 0.15) is 11.5 Å². The molecule has 3 saturated heterocycles. The number of carbonyl (C=O) groups is 1. The van der Waals surface area contributed by atoms with E-state index < -0.39 is 0 Å². The summed E-state index contributed by atoms with van der Waals surface area (Å²) in [6.45, 7) is 2.28. The highest BCUT2D eigenvalue weighted by molar-refractivity contribution is 5.92. The Morgan fingerprint density at radius 2 is 2.32 bits per heavy atom. The van der Waals surface area contributed by atoms with Gasteiger partial charge in [-0.25, -0.2) is 9.97 Å². The molecule has 3 aliphatic heterocycles. The minimum atomic E-state index is -0.135. The quantitative estimate of drug-likeness (QED) is 0.783. The minimum absolute atomic E-state index is 0.127. The van der Waals surface area contributed by atoms with Crippen LogP contribution in [0.5, 0.6) is 0 Å². The molecular weight excluding hydrogens is 358 g/mol. The van der Waals surface area contributed by atoms with E-state index in [1.165, 1.54) is 0 Å². The van der Waals surface area contributed by atoms with Crippen LogP contribution in [0.25, 0.3) is 0 Å². The highest BCUT2D eigenvalue weighted by Gasteiger charge is 2.63. The molecule has 0 saturated carbocycles. The second-order valence-corrected chi connectivity index (χ2v) is 8.04. The first-order chi connectivity index (χ1) is 13.6. The molecule has 9 heteroatoms. The van der Waals surface area contributed by atoms with Gasteiger partial charge < -0.3 is 24.8 Å². The Kier molecular flexibility index (Phi) is 4.01. The number of fused-ring (bicyclic) bond motifs is 1. The van der Waals surface area contributed by atoms with Crippen molar-refractivity contribution in [2.24, 2.45) is 18.9 Å². The first-order valence-corrected chi connectivity index (χ1v) is 9.78. The van der Waals surface area contributed by atoms with E-state index in [9.17, 15) is 4.79 Å². The fourth-order valence-electron chi connectivity index (χ4n) is 5.09. The van der Waals surface area contributed by atoms with Gasteiger partial charge in [-0.15, -0.1) is 0 Å². The topological polar surface area (TPSA) is 97.2 Å². The summed E-state index contributed by atoms with van der Waals surface area (Å²) in [5.41, 5.74) is 0.316. The normalized spacial score (nSPS) is 30.5. The van der Waals surface area contributed by atoms with E-state index in [4.69, 9.17) is 4.74 Å². The second kappa shape index (κ2) is 6.44. The summed E-state index contributed by atoms with van der Waals surface area (Å²) in [5, 5.41) is 6.13. The van der Waals surface area contributed by atoms with Crippen LogP contribution in [0.15, 0.2) is 24.8 Å². The number of aromatic nitrogens is 4. The van der Waals surface area contributed by atoms with E-state index in [0.29, 0.717) is 24.1 Å². The van der Waals surface area contributed by atoms with Crippen LogP contribution in [0, 0.1) is 11.8 Å². The van der Waals surface area contributed by atoms with Crippen molar-refractivity contribution in [1.82, 2.24) is 24.8 Å². The van der Waals surface area contributed by atoms with Gasteiger partial charge in [-0.05, 0) is 18.9 Å². The first kappa shape index (κ1) is 17.4. The van der Waals surface area contributed by atoms with Gasteiger partial charge >= 0.3 is 0 Å². The monoisotopic (exact) mass is 383 g/mol. The predicted octanol–water partition coefficient (Wildman–Crippen LogP) is 0.666. The third kappa shape index (κ3) is 2.72. The van der Waals surface area contributed by atoms with Crippen LogP contribution in [0.1, 0.15) is 23.3 Å². The molecule has 2 aromatic rings. The van der Waals surface area contributed by atoms with Crippen LogP contribution in [0.2, 0.25) is 0 Å². The predicted molar refractivity (Wildman–Crippen MR) is 103 cm³/mol. The molecule has 2 N–H and O–H groups in total. The Morgan fingerprint density at radius 1 is 1.43 bits per heavy atom. The maximum absolute atomic E-state index is 12.4. The molecule has 0 aliphatic carbocycles. The Morgan fingerprint density at radius 3 is 3.11 bits per heavy atom. The number of imidazole rings is 1. The number of amides is 1. The molecule has 3 fully saturated rings. The molecule has 28 heavy (non-hydrogen) atoms. The van der Waals surface area contributed by atoms with Crippen LogP contribution in [0.4, 0.5) is 11.8 Å². The SMILES string of the molecule is CNc1ccnc(N2C[C@@H]3[C@H](CNC(=O)c4cn(C)cn4)[C@H]4CC[C@]3(C2)O4)n1. The largest absolute Gasteiger partial charge is 0.373 e. The van der Waals surface area contributed by atoms with Gasteiger partial charge in [0.25, 0.3) is 5.91 Å². The van der Waals surface area contributed by atoms with Crippen molar-refractivity contribution < 1.29 is 9.53 Å². The highest BCUT2D eigenvalue weighted by atomic mass is 16.5. The van der Waals surface area contributed by atoms with Gasteiger partial charge in [-0.1, -0.05) is 0 Å². The lowest BCUT2D eigenvalue weighted by atomic mass is 9.73. The number of anilines is 2. The van der Waals surface area contributed by atoms with Crippen LogP contribution in [-0.4, -0.2) is 63.8 Å². The summed E-state index contributed by atoms with van der Waals surface area (Å²) in [5.74, 6) is 2.09. The molecule has 2 bridgehead atoms. The number of hydrogen-bond donors (Lipinski definition) is 2. The van der Waals surface area contributed by atoms with Gasteiger partial charge in [0.15, 0.2) is 0 Å². The van der Waals surface area contributed by atoms with Gasteiger partial charge in [-0.3, -0.25) is 4.79 Å². The molecular formula is C19H25N7O2. The third-order valence-electron chi connectivity index (χ3n) is 6.40. The van der Waals surface area contributed by atoms with Gasteiger partial charge in [0.2, 0.25) is 5.95 Å². The van der Waals surface area contributed by atoms with Gasteiger partial charge in [0, 0.05) is 51.4 Å². The lowest BCUT2D eigenvalue weighted by molar-refractivity contribution is 0.0141. The van der Waals surface area contributed by atoms with E-state index in [0.717, 1.165) is 37.7 Å². The van der Waals surface area contributed by atoms with Crippen molar-refractivity contribution in [1.29, 1.82) is 0 Å². The zero-order chi connectivity index (χ0) is 19.3. The Labute approximate surface area is 163 Å². The summed E-state index contributed by atoms with van der Waals surface area (Å²) in [6.07, 6.45) is 7.49. The number of hydrogen-bond acceptors (Lipinski definition) is 7. The van der Waals surface area contributed by atoms with Crippen molar-refractivity contribution in [3.05, 3.63) is 30.5 Å². The van der Waals surface area contributed by atoms with Crippen molar-refractivity contribution in [3.63, 3.8) is 0 Å². The lowest BCUT2D eigenvalue weighted by Crippen LogP contribution is -2.42. The number of rotatable bonds is 5. The molecule has 1 spiro atoms. The number of aryl methyl sites for hydroxylation is 1. The van der Waals surface area contributed by atoms with Crippen molar-refractivity contribution in [2.45, 2.75) is 24.5 Å². The maximum Gasteiger partial charge on any atom is 0.271 e. The second-order valence-electron chi connectivity index (χ2n) is 8.04. The summed E-state index contributed by atoms with van der Waals surface area (Å²) in [4.78, 5) is 27.8. The molecule has 0 radical (unpaired) electrons. The van der Waals surface area contributed by atoms with Crippen LogP contribution in [-0.2, 0) is 11.8 Å². The average molecular weight is 383 g/mol. The van der Waals surface area contributed by atoms with Gasteiger partial charge in [0.05, 0.1) is 24.6 Å². The van der Waals surface area contributed by atoms with E-state index in [2.05, 4.69) is 30.5 Å².